The largest absolute Gasteiger partial charge is 0.387 e. The predicted octanol–water partition coefficient (Wildman–Crippen LogP) is 2.86. The van der Waals surface area contributed by atoms with Crippen LogP contribution in [0.5, 0.6) is 0 Å². The molecule has 0 spiro atoms. The molecule has 0 bridgehead atoms. The zero-order chi connectivity index (χ0) is 16.6. The van der Waals surface area contributed by atoms with Gasteiger partial charge < -0.3 is 14.8 Å². The van der Waals surface area contributed by atoms with Crippen LogP contribution >= 0.6 is 11.3 Å². The van der Waals surface area contributed by atoms with E-state index in [1.807, 2.05) is 6.92 Å². The average molecular weight is 334 g/mol. The van der Waals surface area contributed by atoms with Crippen molar-refractivity contribution >= 4 is 28.0 Å². The van der Waals surface area contributed by atoms with Crippen molar-refractivity contribution < 1.29 is 19.4 Å². The number of hydrogen-bond donors (Lipinski definition) is 2. The number of fused-ring (bicyclic) bond motifs is 1. The summed E-state index contributed by atoms with van der Waals surface area (Å²) in [4.78, 5) is 16.9. The van der Waals surface area contributed by atoms with E-state index in [0.29, 0.717) is 28.6 Å². The number of aromatic nitrogens is 2. The lowest BCUT2D eigenvalue weighted by Gasteiger charge is -2.01. The molecule has 3 rings (SSSR count). The molecular weight excluding hydrogens is 319 g/mol. The number of nitrogens with zero attached hydrogens (tertiary/aromatic N) is 2. The summed E-state index contributed by atoms with van der Waals surface area (Å²) < 4.78 is 14.8. The molecule has 0 radical (unpaired) electrons. The zero-order valence-corrected chi connectivity index (χ0v) is 13.2. The topological polar surface area (TPSA) is 75.3 Å². The highest BCUT2D eigenvalue weighted by atomic mass is 32.1. The summed E-state index contributed by atoms with van der Waals surface area (Å²) in [5, 5.41) is 21.6. The highest BCUT2D eigenvalue weighted by molar-refractivity contribution is 7.12. The summed E-state index contributed by atoms with van der Waals surface area (Å²) in [6.07, 6.45) is 1.31. The van der Waals surface area contributed by atoms with Crippen LogP contribution in [-0.2, 0) is 6.73 Å². The van der Waals surface area contributed by atoms with Crippen molar-refractivity contribution in [1.82, 2.24) is 9.55 Å². The first-order valence-corrected chi connectivity index (χ1v) is 8.00. The minimum atomic E-state index is -0.694. The molecule has 7 heteroatoms. The van der Waals surface area contributed by atoms with Gasteiger partial charge in [-0.15, -0.1) is 11.3 Å². The smallest absolute Gasteiger partial charge is 0.223 e. The Kier molecular flexibility index (Phi) is 4.25. The zero-order valence-electron chi connectivity index (χ0n) is 12.4. The minimum Gasteiger partial charge on any atom is -0.387 e. The van der Waals surface area contributed by atoms with Gasteiger partial charge in [0.05, 0.1) is 22.9 Å². The number of carbonyl (C=O) groups excluding carboxylic acids is 1. The molecule has 0 aliphatic carbocycles. The second kappa shape index (κ2) is 6.19. The molecule has 0 aliphatic rings. The molecule has 23 heavy (non-hydrogen) atoms. The Labute approximate surface area is 135 Å². The predicted molar refractivity (Wildman–Crippen MR) is 84.9 cm³/mol. The van der Waals surface area contributed by atoms with Crippen LogP contribution in [0.3, 0.4) is 0 Å². The van der Waals surface area contributed by atoms with Crippen molar-refractivity contribution in [2.45, 2.75) is 26.2 Å². The molecule has 0 fully saturated rings. The molecule has 1 aromatic carbocycles. The maximum atomic E-state index is 13.4. The molecule has 1 atom stereocenters. The number of halogens is 1. The lowest BCUT2D eigenvalue weighted by atomic mass is 10.1. The van der Waals surface area contributed by atoms with E-state index in [0.717, 1.165) is 11.3 Å². The summed E-state index contributed by atoms with van der Waals surface area (Å²) in [5.74, 6) is -0.750. The summed E-state index contributed by atoms with van der Waals surface area (Å²) in [6.45, 7) is 1.47. The molecule has 0 saturated carbocycles. The number of aliphatic hydroxyl groups excluding tert-OH is 2. The molecule has 2 heterocycles. The Bertz CT molecular complexity index is 871. The van der Waals surface area contributed by atoms with Crippen molar-refractivity contribution in [2.75, 3.05) is 0 Å². The average Bonchev–Trinajstić information content (AvgIpc) is 3.18. The Balaban J connectivity index is 2.06. The number of thiazole rings is 1. The highest BCUT2D eigenvalue weighted by Gasteiger charge is 2.21. The number of carbonyl (C=O) groups is 1. The molecule has 2 N–H and O–H groups in total. The molecule has 0 amide bonds. The SMILES string of the molecule is CC[C@@H](O)c1csc(C(=O)c2cn(CO)c3cc(F)ccc23)n1. The Morgan fingerprint density at radius 1 is 1.48 bits per heavy atom. The molecular formula is C16H15FN2O3S. The van der Waals surface area contributed by atoms with Crippen LogP contribution in [0.2, 0.25) is 0 Å². The monoisotopic (exact) mass is 334 g/mol. The van der Waals surface area contributed by atoms with Gasteiger partial charge in [0.15, 0.2) is 5.01 Å². The third kappa shape index (κ3) is 2.78. The van der Waals surface area contributed by atoms with Gasteiger partial charge in [0.1, 0.15) is 12.5 Å². The lowest BCUT2D eigenvalue weighted by molar-refractivity contribution is 0.103. The van der Waals surface area contributed by atoms with E-state index in [4.69, 9.17) is 0 Å². The van der Waals surface area contributed by atoms with Crippen molar-refractivity contribution in [1.29, 1.82) is 0 Å². The van der Waals surface area contributed by atoms with Crippen LogP contribution < -0.4 is 0 Å². The normalized spacial score (nSPS) is 12.7. The molecule has 0 saturated heterocycles. The summed E-state index contributed by atoms with van der Waals surface area (Å²) >= 11 is 1.16. The van der Waals surface area contributed by atoms with E-state index in [9.17, 15) is 19.4 Å². The van der Waals surface area contributed by atoms with Gasteiger partial charge in [0, 0.05) is 17.0 Å². The molecule has 0 aliphatic heterocycles. The Morgan fingerprint density at radius 2 is 2.26 bits per heavy atom. The van der Waals surface area contributed by atoms with Gasteiger partial charge in [-0.05, 0) is 24.6 Å². The van der Waals surface area contributed by atoms with Crippen LogP contribution in [0.4, 0.5) is 4.39 Å². The van der Waals surface area contributed by atoms with Gasteiger partial charge in [-0.2, -0.15) is 0 Å². The fourth-order valence-electron chi connectivity index (χ4n) is 2.43. The highest BCUT2D eigenvalue weighted by Crippen LogP contribution is 2.27. The van der Waals surface area contributed by atoms with Gasteiger partial charge in [0.25, 0.3) is 0 Å². The first-order chi connectivity index (χ1) is 11.0. The molecule has 120 valence electrons. The van der Waals surface area contributed by atoms with E-state index < -0.39 is 11.9 Å². The molecule has 2 aromatic heterocycles. The van der Waals surface area contributed by atoms with Gasteiger partial charge in [-0.1, -0.05) is 6.92 Å². The van der Waals surface area contributed by atoms with E-state index in [2.05, 4.69) is 4.98 Å². The molecule has 5 nitrogen and oxygen atoms in total. The van der Waals surface area contributed by atoms with Crippen LogP contribution in [0.15, 0.2) is 29.8 Å². The molecule has 0 unspecified atom stereocenters. The molecule has 3 aromatic rings. The van der Waals surface area contributed by atoms with Crippen LogP contribution in [-0.4, -0.2) is 25.5 Å². The maximum Gasteiger partial charge on any atom is 0.223 e. The third-order valence-corrected chi connectivity index (χ3v) is 4.54. The summed E-state index contributed by atoms with van der Waals surface area (Å²) in [6, 6.07) is 4.06. The van der Waals surface area contributed by atoms with Crippen molar-refractivity contribution in [3.63, 3.8) is 0 Å². The second-order valence-corrected chi connectivity index (χ2v) is 6.00. The Morgan fingerprint density at radius 3 is 2.96 bits per heavy atom. The van der Waals surface area contributed by atoms with Crippen molar-refractivity contribution in [3.8, 4) is 0 Å². The second-order valence-electron chi connectivity index (χ2n) is 5.15. The van der Waals surface area contributed by atoms with E-state index >= 15 is 0 Å². The van der Waals surface area contributed by atoms with Gasteiger partial charge >= 0.3 is 0 Å². The first kappa shape index (κ1) is 15.8. The fraction of sp³-hybridized carbons (Fsp3) is 0.250. The van der Waals surface area contributed by atoms with Gasteiger partial charge in [0.2, 0.25) is 5.78 Å². The van der Waals surface area contributed by atoms with E-state index in [-0.39, 0.29) is 17.5 Å². The number of rotatable bonds is 5. The number of benzene rings is 1. The quantitative estimate of drug-likeness (QED) is 0.704. The van der Waals surface area contributed by atoms with Crippen molar-refractivity contribution in [3.05, 3.63) is 51.9 Å². The van der Waals surface area contributed by atoms with Crippen LogP contribution in [0, 0.1) is 5.82 Å². The standard InChI is InChI=1S/C16H15FN2O3S/c1-2-14(21)12-7-23-16(18-12)15(22)11-6-19(8-20)13-5-9(17)3-4-10(11)13/h3-7,14,20-21H,2,8H2,1H3/t14-/m1/s1. The number of hydrogen-bond acceptors (Lipinski definition) is 5. The summed E-state index contributed by atoms with van der Waals surface area (Å²) in [5.41, 5.74) is 1.26. The van der Waals surface area contributed by atoms with Gasteiger partial charge in [-0.25, -0.2) is 9.37 Å². The van der Waals surface area contributed by atoms with E-state index in [1.54, 1.807) is 5.38 Å². The first-order valence-electron chi connectivity index (χ1n) is 7.12. The van der Waals surface area contributed by atoms with Crippen LogP contribution in [0.25, 0.3) is 10.9 Å². The number of ketones is 1. The Hall–Kier alpha value is -2.09. The van der Waals surface area contributed by atoms with Crippen molar-refractivity contribution in [2.24, 2.45) is 0 Å². The lowest BCUT2D eigenvalue weighted by Crippen LogP contribution is -2.02. The van der Waals surface area contributed by atoms with Crippen LogP contribution in [0.1, 0.15) is 40.5 Å². The van der Waals surface area contributed by atoms with Gasteiger partial charge in [-0.3, -0.25) is 4.79 Å². The van der Waals surface area contributed by atoms with E-state index in [1.165, 1.54) is 29.0 Å². The maximum absolute atomic E-state index is 13.4. The number of aliphatic hydroxyl groups is 2. The fourth-order valence-corrected chi connectivity index (χ4v) is 3.25. The minimum absolute atomic E-state index is 0.258. The third-order valence-electron chi connectivity index (χ3n) is 3.69. The summed E-state index contributed by atoms with van der Waals surface area (Å²) in [7, 11) is 0.